The van der Waals surface area contributed by atoms with Crippen LogP contribution in [0.4, 0.5) is 0 Å². The third kappa shape index (κ3) is 3.39. The molecule has 0 saturated heterocycles. The highest BCUT2D eigenvalue weighted by Gasteiger charge is 2.41. The molecule has 2 atom stereocenters. The minimum Gasteiger partial charge on any atom is -0.355 e. The van der Waals surface area contributed by atoms with E-state index in [1.807, 2.05) is 0 Å². The Labute approximate surface area is 135 Å². The standard InChI is InChI=1S/C17H30N2O.ClH/c1-2-17(7-4-8-17)11-19-16(20)14-9-12-5-3-6-13(10-14)15(12)18;/h12-15H,2-11,18H2,1H3,(H,19,20);1H. The predicted octanol–water partition coefficient (Wildman–Crippen LogP) is 3.26. The summed E-state index contributed by atoms with van der Waals surface area (Å²) in [4.78, 5) is 12.5. The molecule has 3 N–H and O–H groups in total. The second-order valence-electron chi connectivity index (χ2n) is 7.62. The van der Waals surface area contributed by atoms with Crippen molar-refractivity contribution in [2.45, 2.75) is 70.8 Å². The largest absolute Gasteiger partial charge is 0.355 e. The fraction of sp³-hybridized carbons (Fsp3) is 0.941. The molecule has 1 amide bonds. The molecular formula is C17H31ClN2O. The van der Waals surface area contributed by atoms with E-state index in [9.17, 15) is 4.79 Å². The average molecular weight is 315 g/mol. The van der Waals surface area contributed by atoms with Crippen LogP contribution in [-0.4, -0.2) is 18.5 Å². The molecule has 0 aromatic carbocycles. The Balaban J connectivity index is 0.00000161. The predicted molar refractivity (Wildman–Crippen MR) is 88.4 cm³/mol. The Morgan fingerprint density at radius 1 is 1.19 bits per heavy atom. The molecule has 0 aromatic heterocycles. The minimum absolute atomic E-state index is 0. The van der Waals surface area contributed by atoms with Gasteiger partial charge in [0.2, 0.25) is 5.91 Å². The molecule has 3 nitrogen and oxygen atoms in total. The summed E-state index contributed by atoms with van der Waals surface area (Å²) < 4.78 is 0. The van der Waals surface area contributed by atoms with Crippen LogP contribution >= 0.6 is 12.4 Å². The Bertz CT molecular complexity index is 350. The van der Waals surface area contributed by atoms with Crippen LogP contribution in [0, 0.1) is 23.2 Å². The molecule has 122 valence electrons. The van der Waals surface area contributed by atoms with Gasteiger partial charge in [-0.15, -0.1) is 12.4 Å². The molecule has 0 heterocycles. The van der Waals surface area contributed by atoms with Crippen molar-refractivity contribution in [3.8, 4) is 0 Å². The topological polar surface area (TPSA) is 55.1 Å². The van der Waals surface area contributed by atoms with E-state index >= 15 is 0 Å². The van der Waals surface area contributed by atoms with Crippen LogP contribution in [0.15, 0.2) is 0 Å². The van der Waals surface area contributed by atoms with Gasteiger partial charge in [0.05, 0.1) is 0 Å². The van der Waals surface area contributed by atoms with Crippen LogP contribution in [0.5, 0.6) is 0 Å². The van der Waals surface area contributed by atoms with E-state index in [4.69, 9.17) is 5.73 Å². The van der Waals surface area contributed by atoms with E-state index in [0.29, 0.717) is 29.2 Å². The lowest BCUT2D eigenvalue weighted by molar-refractivity contribution is -0.128. The van der Waals surface area contributed by atoms with Crippen molar-refractivity contribution >= 4 is 18.3 Å². The van der Waals surface area contributed by atoms with Gasteiger partial charge in [-0.25, -0.2) is 0 Å². The van der Waals surface area contributed by atoms with Crippen LogP contribution in [0.1, 0.15) is 64.7 Å². The maximum absolute atomic E-state index is 12.5. The summed E-state index contributed by atoms with van der Waals surface area (Å²) in [6.45, 7) is 3.16. The number of nitrogens with one attached hydrogen (secondary N) is 1. The van der Waals surface area contributed by atoms with Crippen molar-refractivity contribution < 1.29 is 4.79 Å². The zero-order valence-electron chi connectivity index (χ0n) is 13.3. The fourth-order valence-electron chi connectivity index (χ4n) is 4.75. The molecule has 3 saturated carbocycles. The fourth-order valence-corrected chi connectivity index (χ4v) is 4.75. The third-order valence-corrected chi connectivity index (χ3v) is 6.59. The highest BCUT2D eigenvalue weighted by molar-refractivity contribution is 5.85. The number of hydrogen-bond acceptors (Lipinski definition) is 2. The number of carbonyl (C=O) groups excluding carboxylic acids is 1. The smallest absolute Gasteiger partial charge is 0.223 e. The minimum atomic E-state index is 0. The first-order chi connectivity index (χ1) is 9.63. The second kappa shape index (κ2) is 6.87. The van der Waals surface area contributed by atoms with E-state index in [1.165, 1.54) is 44.9 Å². The van der Waals surface area contributed by atoms with Gasteiger partial charge < -0.3 is 11.1 Å². The lowest BCUT2D eigenvalue weighted by atomic mass is 9.64. The maximum Gasteiger partial charge on any atom is 0.223 e. The number of halogens is 1. The molecule has 0 spiro atoms. The summed E-state index contributed by atoms with van der Waals surface area (Å²) >= 11 is 0. The Kier molecular flexibility index (Phi) is 5.59. The highest BCUT2D eigenvalue weighted by atomic mass is 35.5. The van der Waals surface area contributed by atoms with Crippen molar-refractivity contribution in [2.24, 2.45) is 28.9 Å². The molecule has 3 aliphatic carbocycles. The Morgan fingerprint density at radius 3 is 2.29 bits per heavy atom. The summed E-state index contributed by atoms with van der Waals surface area (Å²) in [5.74, 6) is 1.75. The lowest BCUT2D eigenvalue weighted by Gasteiger charge is -2.44. The van der Waals surface area contributed by atoms with Crippen molar-refractivity contribution in [3.63, 3.8) is 0 Å². The zero-order valence-corrected chi connectivity index (χ0v) is 14.1. The van der Waals surface area contributed by atoms with Gasteiger partial charge in [-0.2, -0.15) is 0 Å². The van der Waals surface area contributed by atoms with Crippen LogP contribution in [0.2, 0.25) is 0 Å². The summed E-state index contributed by atoms with van der Waals surface area (Å²) in [7, 11) is 0. The van der Waals surface area contributed by atoms with E-state index in [0.717, 1.165) is 19.4 Å². The number of rotatable bonds is 4. The highest BCUT2D eigenvalue weighted by Crippen LogP contribution is 2.44. The van der Waals surface area contributed by atoms with Gasteiger partial charge in [0.15, 0.2) is 0 Å². The lowest BCUT2D eigenvalue weighted by Crippen LogP contribution is -2.50. The second-order valence-corrected chi connectivity index (χ2v) is 7.62. The molecule has 3 aliphatic rings. The van der Waals surface area contributed by atoms with Gasteiger partial charge >= 0.3 is 0 Å². The number of carbonyl (C=O) groups is 1. The van der Waals surface area contributed by atoms with Gasteiger partial charge in [-0.3, -0.25) is 4.79 Å². The van der Waals surface area contributed by atoms with Crippen LogP contribution < -0.4 is 11.1 Å². The zero-order chi connectivity index (χ0) is 14.2. The van der Waals surface area contributed by atoms with Gasteiger partial charge in [-0.05, 0) is 62.2 Å². The summed E-state index contributed by atoms with van der Waals surface area (Å²) in [6.07, 6.45) is 11.0. The molecule has 0 aliphatic heterocycles. The third-order valence-electron chi connectivity index (χ3n) is 6.59. The first kappa shape index (κ1) is 17.1. The average Bonchev–Trinajstić information content (AvgIpc) is 2.37. The van der Waals surface area contributed by atoms with Crippen molar-refractivity contribution in [3.05, 3.63) is 0 Å². The van der Waals surface area contributed by atoms with Crippen molar-refractivity contribution in [2.75, 3.05) is 6.54 Å². The molecule has 2 unspecified atom stereocenters. The van der Waals surface area contributed by atoms with Gasteiger partial charge in [-0.1, -0.05) is 19.8 Å². The molecular weight excluding hydrogens is 284 g/mol. The normalized spacial score (nSPS) is 37.0. The first-order valence-corrected chi connectivity index (χ1v) is 8.67. The Hall–Kier alpha value is -0.280. The molecule has 0 radical (unpaired) electrons. The number of nitrogens with two attached hydrogens (primary N) is 1. The molecule has 4 heteroatoms. The quantitative estimate of drug-likeness (QED) is 0.837. The summed E-state index contributed by atoms with van der Waals surface area (Å²) in [6, 6.07) is 0.362. The van der Waals surface area contributed by atoms with Crippen molar-refractivity contribution in [1.82, 2.24) is 5.32 Å². The van der Waals surface area contributed by atoms with Gasteiger partial charge in [0.1, 0.15) is 0 Å². The molecule has 2 bridgehead atoms. The SMILES string of the molecule is CCC1(CNC(=O)C2CC3CCCC(C2)C3N)CCC1.Cl. The molecule has 3 rings (SSSR count). The number of fused-ring (bicyclic) bond motifs is 2. The van der Waals surface area contributed by atoms with E-state index in [2.05, 4.69) is 12.2 Å². The van der Waals surface area contributed by atoms with Crippen LogP contribution in [-0.2, 0) is 4.79 Å². The molecule has 21 heavy (non-hydrogen) atoms. The summed E-state index contributed by atoms with van der Waals surface area (Å²) in [5.41, 5.74) is 6.74. The van der Waals surface area contributed by atoms with E-state index in [-0.39, 0.29) is 18.3 Å². The molecule has 3 fully saturated rings. The number of hydrogen-bond donors (Lipinski definition) is 2. The molecule has 0 aromatic rings. The van der Waals surface area contributed by atoms with Crippen molar-refractivity contribution in [1.29, 1.82) is 0 Å². The summed E-state index contributed by atoms with van der Waals surface area (Å²) in [5, 5.41) is 3.27. The Morgan fingerprint density at radius 2 is 1.81 bits per heavy atom. The van der Waals surface area contributed by atoms with Gasteiger partial charge in [0.25, 0.3) is 0 Å². The van der Waals surface area contributed by atoms with Gasteiger partial charge in [0, 0.05) is 18.5 Å². The number of amides is 1. The monoisotopic (exact) mass is 314 g/mol. The van der Waals surface area contributed by atoms with Crippen LogP contribution in [0.25, 0.3) is 0 Å². The van der Waals surface area contributed by atoms with Crippen LogP contribution in [0.3, 0.4) is 0 Å². The first-order valence-electron chi connectivity index (χ1n) is 8.67. The van der Waals surface area contributed by atoms with E-state index in [1.54, 1.807) is 0 Å². The van der Waals surface area contributed by atoms with E-state index < -0.39 is 0 Å². The maximum atomic E-state index is 12.5.